The lowest BCUT2D eigenvalue weighted by atomic mass is 9.70. The van der Waals surface area contributed by atoms with Crippen LogP contribution in [0.1, 0.15) is 49.8 Å². The highest BCUT2D eigenvalue weighted by Gasteiger charge is 2.41. The fraction of sp³-hybridized carbons (Fsp3) is 0.647. The van der Waals surface area contributed by atoms with Gasteiger partial charge in [-0.3, -0.25) is 0 Å². The molecule has 1 saturated carbocycles. The van der Waals surface area contributed by atoms with Crippen molar-refractivity contribution in [3.63, 3.8) is 0 Å². The first-order chi connectivity index (χ1) is 8.95. The van der Waals surface area contributed by atoms with Crippen molar-refractivity contribution in [1.29, 1.82) is 0 Å². The van der Waals surface area contributed by atoms with Crippen molar-refractivity contribution in [2.45, 2.75) is 51.1 Å². The van der Waals surface area contributed by atoms with Gasteiger partial charge in [0.2, 0.25) is 0 Å². The number of nitrogens with two attached hydrogens (primary N) is 1. The van der Waals surface area contributed by atoms with Crippen molar-refractivity contribution >= 4 is 0 Å². The fourth-order valence-electron chi connectivity index (χ4n) is 3.38. The Kier molecular flexibility index (Phi) is 4.32. The lowest BCUT2D eigenvalue weighted by molar-refractivity contribution is 0.0564. The SMILES string of the molecule is Cc1ccc(C(N)C2(N(C)C)CCC(C)CC2)cc1. The van der Waals surface area contributed by atoms with Gasteiger partial charge in [-0.15, -0.1) is 0 Å². The predicted octanol–water partition coefficient (Wildman–Crippen LogP) is 3.51. The Morgan fingerprint density at radius 2 is 1.68 bits per heavy atom. The van der Waals surface area contributed by atoms with E-state index in [2.05, 4.69) is 57.1 Å². The van der Waals surface area contributed by atoms with Crippen LogP contribution >= 0.6 is 0 Å². The lowest BCUT2D eigenvalue weighted by Crippen LogP contribution is -2.54. The smallest absolute Gasteiger partial charge is 0.0481 e. The van der Waals surface area contributed by atoms with Crippen LogP contribution in [0.3, 0.4) is 0 Å². The number of nitrogens with zero attached hydrogens (tertiary/aromatic N) is 1. The van der Waals surface area contributed by atoms with E-state index >= 15 is 0 Å². The van der Waals surface area contributed by atoms with Gasteiger partial charge in [0, 0.05) is 11.6 Å². The first kappa shape index (κ1) is 14.5. The second-order valence-corrected chi connectivity index (χ2v) is 6.57. The van der Waals surface area contributed by atoms with Gasteiger partial charge in [0.05, 0.1) is 0 Å². The third kappa shape index (κ3) is 2.85. The fourth-order valence-corrected chi connectivity index (χ4v) is 3.38. The highest BCUT2D eigenvalue weighted by molar-refractivity contribution is 5.27. The number of hydrogen-bond donors (Lipinski definition) is 1. The molecule has 2 rings (SSSR count). The van der Waals surface area contributed by atoms with Crippen molar-refractivity contribution in [3.05, 3.63) is 35.4 Å². The van der Waals surface area contributed by atoms with Crippen LogP contribution in [0.4, 0.5) is 0 Å². The summed E-state index contributed by atoms with van der Waals surface area (Å²) in [7, 11) is 4.37. The van der Waals surface area contributed by atoms with Gasteiger partial charge in [-0.25, -0.2) is 0 Å². The molecule has 0 aromatic heterocycles. The number of aryl methyl sites for hydroxylation is 1. The van der Waals surface area contributed by atoms with Crippen molar-refractivity contribution in [2.75, 3.05) is 14.1 Å². The molecule has 2 N–H and O–H groups in total. The number of benzene rings is 1. The van der Waals surface area contributed by atoms with Crippen LogP contribution in [0.15, 0.2) is 24.3 Å². The molecule has 0 amide bonds. The summed E-state index contributed by atoms with van der Waals surface area (Å²) in [6.45, 7) is 4.48. The number of hydrogen-bond acceptors (Lipinski definition) is 2. The van der Waals surface area contributed by atoms with E-state index in [9.17, 15) is 0 Å². The van der Waals surface area contributed by atoms with E-state index in [0.29, 0.717) is 0 Å². The Labute approximate surface area is 118 Å². The summed E-state index contributed by atoms with van der Waals surface area (Å²) < 4.78 is 0. The van der Waals surface area contributed by atoms with E-state index in [0.717, 1.165) is 5.92 Å². The molecule has 2 heteroatoms. The van der Waals surface area contributed by atoms with Crippen molar-refractivity contribution in [2.24, 2.45) is 11.7 Å². The van der Waals surface area contributed by atoms with Gasteiger partial charge in [-0.2, -0.15) is 0 Å². The first-order valence-electron chi connectivity index (χ1n) is 7.45. The van der Waals surface area contributed by atoms with E-state index in [-0.39, 0.29) is 11.6 Å². The molecule has 1 aromatic rings. The average molecular weight is 260 g/mol. The maximum absolute atomic E-state index is 6.66. The Morgan fingerprint density at radius 3 is 2.16 bits per heavy atom. The van der Waals surface area contributed by atoms with Crippen LogP contribution in [-0.2, 0) is 0 Å². The van der Waals surface area contributed by atoms with Crippen molar-refractivity contribution in [3.8, 4) is 0 Å². The Morgan fingerprint density at radius 1 is 1.16 bits per heavy atom. The maximum atomic E-state index is 6.66. The Balaban J connectivity index is 2.26. The standard InChI is InChI=1S/C17H28N2/c1-13-5-7-15(8-6-13)16(18)17(19(3)4)11-9-14(2)10-12-17/h5-8,14,16H,9-12,18H2,1-4H3. The lowest BCUT2D eigenvalue weighted by Gasteiger charge is -2.48. The second kappa shape index (κ2) is 5.64. The summed E-state index contributed by atoms with van der Waals surface area (Å²) in [4.78, 5) is 2.36. The van der Waals surface area contributed by atoms with Gasteiger partial charge in [0.15, 0.2) is 0 Å². The molecule has 1 aliphatic carbocycles. The molecule has 0 saturated heterocycles. The van der Waals surface area contributed by atoms with E-state index in [4.69, 9.17) is 5.73 Å². The largest absolute Gasteiger partial charge is 0.322 e. The molecule has 0 aliphatic heterocycles. The van der Waals surface area contributed by atoms with E-state index in [1.165, 1.54) is 36.8 Å². The average Bonchev–Trinajstić information content (AvgIpc) is 2.39. The van der Waals surface area contributed by atoms with E-state index in [1.807, 2.05) is 0 Å². The third-order valence-electron chi connectivity index (χ3n) is 5.05. The molecule has 1 fully saturated rings. The molecule has 0 spiro atoms. The summed E-state index contributed by atoms with van der Waals surface area (Å²) >= 11 is 0. The van der Waals surface area contributed by atoms with Crippen LogP contribution in [0, 0.1) is 12.8 Å². The second-order valence-electron chi connectivity index (χ2n) is 6.57. The summed E-state index contributed by atoms with van der Waals surface area (Å²) in [5.41, 5.74) is 9.36. The van der Waals surface area contributed by atoms with Gasteiger partial charge in [-0.05, 0) is 58.2 Å². The number of rotatable bonds is 3. The Hall–Kier alpha value is -0.860. The van der Waals surface area contributed by atoms with Crippen molar-refractivity contribution < 1.29 is 0 Å². The first-order valence-corrected chi connectivity index (χ1v) is 7.45. The van der Waals surface area contributed by atoms with Gasteiger partial charge < -0.3 is 10.6 Å². The zero-order valence-corrected chi connectivity index (χ0v) is 12.8. The monoisotopic (exact) mass is 260 g/mol. The number of likely N-dealkylation sites (N-methyl/N-ethyl adjacent to an activating group) is 1. The minimum absolute atomic E-state index is 0.107. The van der Waals surface area contributed by atoms with Crippen LogP contribution in [0.2, 0.25) is 0 Å². The highest BCUT2D eigenvalue weighted by Crippen LogP contribution is 2.42. The summed E-state index contributed by atoms with van der Waals surface area (Å²) in [6, 6.07) is 8.84. The molecule has 2 nitrogen and oxygen atoms in total. The summed E-state index contributed by atoms with van der Waals surface area (Å²) in [5, 5.41) is 0. The topological polar surface area (TPSA) is 29.3 Å². The zero-order valence-electron chi connectivity index (χ0n) is 12.8. The van der Waals surface area contributed by atoms with Gasteiger partial charge >= 0.3 is 0 Å². The molecule has 0 radical (unpaired) electrons. The quantitative estimate of drug-likeness (QED) is 0.901. The molecular formula is C17H28N2. The predicted molar refractivity (Wildman–Crippen MR) is 82.2 cm³/mol. The maximum Gasteiger partial charge on any atom is 0.0481 e. The molecule has 1 aromatic carbocycles. The third-order valence-corrected chi connectivity index (χ3v) is 5.05. The molecule has 0 bridgehead atoms. The van der Waals surface area contributed by atoms with Gasteiger partial charge in [0.25, 0.3) is 0 Å². The normalized spacial score (nSPS) is 29.5. The molecule has 0 heterocycles. The van der Waals surface area contributed by atoms with Gasteiger partial charge in [0.1, 0.15) is 0 Å². The molecular weight excluding hydrogens is 232 g/mol. The molecule has 106 valence electrons. The van der Waals surface area contributed by atoms with Crippen LogP contribution in [0.5, 0.6) is 0 Å². The Bertz CT molecular complexity index is 400. The molecule has 1 unspecified atom stereocenters. The van der Waals surface area contributed by atoms with Crippen LogP contribution < -0.4 is 5.73 Å². The van der Waals surface area contributed by atoms with Gasteiger partial charge in [-0.1, -0.05) is 36.8 Å². The van der Waals surface area contributed by atoms with E-state index in [1.54, 1.807) is 0 Å². The molecule has 1 atom stereocenters. The highest BCUT2D eigenvalue weighted by atomic mass is 15.2. The summed E-state index contributed by atoms with van der Waals surface area (Å²) in [5.74, 6) is 0.846. The molecule has 1 aliphatic rings. The van der Waals surface area contributed by atoms with Crippen LogP contribution in [-0.4, -0.2) is 24.5 Å². The summed E-state index contributed by atoms with van der Waals surface area (Å²) in [6.07, 6.45) is 4.99. The van der Waals surface area contributed by atoms with E-state index < -0.39 is 0 Å². The minimum atomic E-state index is 0.107. The van der Waals surface area contributed by atoms with Crippen LogP contribution in [0.25, 0.3) is 0 Å². The minimum Gasteiger partial charge on any atom is -0.322 e. The van der Waals surface area contributed by atoms with Crippen molar-refractivity contribution in [1.82, 2.24) is 4.90 Å². The zero-order chi connectivity index (χ0) is 14.0. The molecule has 19 heavy (non-hydrogen) atoms.